The molecule has 0 bridgehead atoms. The monoisotopic (exact) mass is 336 g/mol. The average Bonchev–Trinajstić information content (AvgIpc) is 2.54. The van der Waals surface area contributed by atoms with Crippen molar-refractivity contribution in [2.45, 2.75) is 32.7 Å². The molecule has 1 amide bonds. The van der Waals surface area contributed by atoms with Gasteiger partial charge in [0.1, 0.15) is 5.82 Å². The van der Waals surface area contributed by atoms with Crippen molar-refractivity contribution in [3.63, 3.8) is 0 Å². The number of nitrogens with zero attached hydrogens (tertiary/aromatic N) is 1. The van der Waals surface area contributed by atoms with Gasteiger partial charge in [0.05, 0.1) is 18.5 Å². The Kier molecular flexibility index (Phi) is 6.31. The molecule has 0 aromatic heterocycles. The van der Waals surface area contributed by atoms with Crippen molar-refractivity contribution in [3.8, 4) is 0 Å². The first-order valence-electron chi connectivity index (χ1n) is 8.36. The molecule has 1 heterocycles. The van der Waals surface area contributed by atoms with Crippen LogP contribution in [0.25, 0.3) is 0 Å². The molecule has 1 fully saturated rings. The molecule has 2 N–H and O–H groups in total. The van der Waals surface area contributed by atoms with Crippen LogP contribution in [0.1, 0.15) is 38.3 Å². The minimum Gasteiger partial charge on any atom is -0.481 e. The van der Waals surface area contributed by atoms with Crippen LogP contribution in [0.15, 0.2) is 24.3 Å². The van der Waals surface area contributed by atoms with Crippen LogP contribution in [-0.2, 0) is 9.59 Å². The minimum atomic E-state index is -0.754. The topological polar surface area (TPSA) is 69.6 Å². The zero-order valence-corrected chi connectivity index (χ0v) is 14.2. The Morgan fingerprint density at radius 1 is 1.25 bits per heavy atom. The minimum absolute atomic E-state index is 0.0909. The van der Waals surface area contributed by atoms with Crippen LogP contribution in [0, 0.1) is 17.7 Å². The van der Waals surface area contributed by atoms with Gasteiger partial charge in [-0.05, 0) is 49.5 Å². The first-order chi connectivity index (χ1) is 11.4. The number of carbonyl (C=O) groups excluding carboxylic acids is 1. The molecule has 1 aromatic rings. The van der Waals surface area contributed by atoms with E-state index in [-0.39, 0.29) is 36.1 Å². The number of hydrogen-bond acceptors (Lipinski definition) is 3. The van der Waals surface area contributed by atoms with Crippen molar-refractivity contribution in [2.24, 2.45) is 11.8 Å². The predicted octanol–water partition coefficient (Wildman–Crippen LogP) is 2.44. The second kappa shape index (κ2) is 8.24. The molecular weight excluding hydrogens is 311 g/mol. The van der Waals surface area contributed by atoms with E-state index in [9.17, 15) is 14.0 Å². The Morgan fingerprint density at radius 3 is 2.33 bits per heavy atom. The summed E-state index contributed by atoms with van der Waals surface area (Å²) in [7, 11) is 0. The van der Waals surface area contributed by atoms with E-state index in [1.54, 1.807) is 12.1 Å². The van der Waals surface area contributed by atoms with Crippen LogP contribution in [0.3, 0.4) is 0 Å². The van der Waals surface area contributed by atoms with Crippen molar-refractivity contribution in [1.29, 1.82) is 0 Å². The van der Waals surface area contributed by atoms with E-state index in [0.717, 1.165) is 5.56 Å². The summed E-state index contributed by atoms with van der Waals surface area (Å²) in [4.78, 5) is 25.3. The van der Waals surface area contributed by atoms with Gasteiger partial charge in [0, 0.05) is 0 Å². The smallest absolute Gasteiger partial charge is 0.306 e. The van der Waals surface area contributed by atoms with E-state index in [2.05, 4.69) is 5.32 Å². The quantitative estimate of drug-likeness (QED) is 0.837. The van der Waals surface area contributed by atoms with Gasteiger partial charge in [0.15, 0.2) is 0 Å². The third-order valence-electron chi connectivity index (χ3n) is 4.52. The Bertz CT molecular complexity index is 566. The van der Waals surface area contributed by atoms with Gasteiger partial charge in [0.2, 0.25) is 5.91 Å². The summed E-state index contributed by atoms with van der Waals surface area (Å²) < 4.78 is 13.1. The summed E-state index contributed by atoms with van der Waals surface area (Å²) >= 11 is 0. The van der Waals surface area contributed by atoms with Gasteiger partial charge in [0.25, 0.3) is 0 Å². The van der Waals surface area contributed by atoms with E-state index in [1.165, 1.54) is 12.1 Å². The van der Waals surface area contributed by atoms with E-state index < -0.39 is 5.97 Å². The van der Waals surface area contributed by atoms with E-state index in [4.69, 9.17) is 5.11 Å². The molecular formula is C18H25FN2O3. The van der Waals surface area contributed by atoms with Gasteiger partial charge < -0.3 is 10.4 Å². The number of amides is 1. The molecule has 0 radical (unpaired) electrons. The van der Waals surface area contributed by atoms with Crippen LogP contribution in [0.5, 0.6) is 0 Å². The molecule has 0 saturated carbocycles. The van der Waals surface area contributed by atoms with Gasteiger partial charge in [-0.3, -0.25) is 14.5 Å². The fraction of sp³-hybridized carbons (Fsp3) is 0.556. The number of halogens is 1. The Balaban J connectivity index is 1.90. The molecule has 1 aliphatic rings. The lowest BCUT2D eigenvalue weighted by molar-refractivity contribution is -0.143. The molecule has 1 saturated heterocycles. The van der Waals surface area contributed by atoms with E-state index in [0.29, 0.717) is 25.9 Å². The average molecular weight is 336 g/mol. The van der Waals surface area contributed by atoms with Gasteiger partial charge in [-0.2, -0.15) is 0 Å². The number of piperidine rings is 1. The fourth-order valence-electron chi connectivity index (χ4n) is 3.07. The molecule has 0 spiro atoms. The van der Waals surface area contributed by atoms with Gasteiger partial charge in [-0.25, -0.2) is 4.39 Å². The van der Waals surface area contributed by atoms with Crippen LogP contribution in [-0.4, -0.2) is 41.5 Å². The maximum atomic E-state index is 13.1. The molecule has 1 atom stereocenters. The number of rotatable bonds is 6. The van der Waals surface area contributed by atoms with Gasteiger partial charge >= 0.3 is 5.97 Å². The summed E-state index contributed by atoms with van der Waals surface area (Å²) in [6, 6.07) is 6.01. The first-order valence-corrected chi connectivity index (χ1v) is 8.36. The van der Waals surface area contributed by atoms with Crippen molar-refractivity contribution in [1.82, 2.24) is 10.2 Å². The van der Waals surface area contributed by atoms with E-state index >= 15 is 0 Å². The number of nitrogens with one attached hydrogen (secondary N) is 1. The zero-order chi connectivity index (χ0) is 17.7. The highest BCUT2D eigenvalue weighted by molar-refractivity contribution is 5.78. The molecule has 1 aliphatic heterocycles. The normalized spacial score (nSPS) is 17.7. The second-order valence-corrected chi connectivity index (χ2v) is 6.73. The molecule has 1 unspecified atom stereocenters. The second-order valence-electron chi connectivity index (χ2n) is 6.73. The lowest BCUT2D eigenvalue weighted by Gasteiger charge is -2.30. The van der Waals surface area contributed by atoms with Crippen molar-refractivity contribution in [3.05, 3.63) is 35.6 Å². The Morgan fingerprint density at radius 2 is 1.83 bits per heavy atom. The maximum absolute atomic E-state index is 13.1. The lowest BCUT2D eigenvalue weighted by Crippen LogP contribution is -2.44. The molecule has 0 aliphatic carbocycles. The highest BCUT2D eigenvalue weighted by Crippen LogP contribution is 2.22. The lowest BCUT2D eigenvalue weighted by atomic mass is 9.95. The number of hydrogen-bond donors (Lipinski definition) is 2. The highest BCUT2D eigenvalue weighted by Gasteiger charge is 2.26. The van der Waals surface area contributed by atoms with Crippen LogP contribution < -0.4 is 5.32 Å². The van der Waals surface area contributed by atoms with Crippen LogP contribution in [0.2, 0.25) is 0 Å². The van der Waals surface area contributed by atoms with Crippen molar-refractivity contribution in [2.75, 3.05) is 19.6 Å². The molecule has 5 nitrogen and oxygen atoms in total. The maximum Gasteiger partial charge on any atom is 0.306 e. The largest absolute Gasteiger partial charge is 0.481 e. The number of likely N-dealkylation sites (tertiary alicyclic amines) is 1. The molecule has 24 heavy (non-hydrogen) atoms. The third-order valence-corrected chi connectivity index (χ3v) is 4.52. The third kappa shape index (κ3) is 5.03. The fourth-order valence-corrected chi connectivity index (χ4v) is 3.07. The Labute approximate surface area is 141 Å². The van der Waals surface area contributed by atoms with Crippen LogP contribution in [0.4, 0.5) is 4.39 Å². The van der Waals surface area contributed by atoms with Crippen molar-refractivity contribution < 1.29 is 19.1 Å². The summed E-state index contributed by atoms with van der Waals surface area (Å²) in [5.41, 5.74) is 0.879. The van der Waals surface area contributed by atoms with Gasteiger partial charge in [-0.1, -0.05) is 26.0 Å². The number of carboxylic acids is 1. The number of benzene rings is 1. The Hall–Kier alpha value is -1.95. The zero-order valence-electron chi connectivity index (χ0n) is 14.2. The molecule has 2 rings (SSSR count). The molecule has 132 valence electrons. The van der Waals surface area contributed by atoms with Crippen LogP contribution >= 0.6 is 0 Å². The van der Waals surface area contributed by atoms with E-state index in [1.807, 2.05) is 18.7 Å². The predicted molar refractivity (Wildman–Crippen MR) is 88.9 cm³/mol. The van der Waals surface area contributed by atoms with Gasteiger partial charge in [-0.15, -0.1) is 0 Å². The summed E-state index contributed by atoms with van der Waals surface area (Å²) in [5.74, 6) is -1.26. The number of aliphatic carboxylic acids is 1. The van der Waals surface area contributed by atoms with Crippen molar-refractivity contribution >= 4 is 11.9 Å². The number of carbonyl (C=O) groups is 2. The summed E-state index contributed by atoms with van der Waals surface area (Å²) in [6.45, 7) is 5.51. The number of carboxylic acid groups (broad SMARTS) is 1. The first kappa shape index (κ1) is 18.4. The standard InChI is InChI=1S/C18H25FN2O3/c1-12(2)17(13-3-5-15(19)6-4-13)20-16(22)11-21-9-7-14(8-10-21)18(23)24/h3-6,12,14,17H,7-11H2,1-2H3,(H,20,22)(H,23,24). The summed E-state index contributed by atoms with van der Waals surface area (Å²) in [6.07, 6.45) is 1.16. The molecule has 1 aromatic carbocycles. The molecule has 6 heteroatoms. The summed E-state index contributed by atoms with van der Waals surface area (Å²) in [5, 5.41) is 12.0. The SMILES string of the molecule is CC(C)C(NC(=O)CN1CCC(C(=O)O)CC1)c1ccc(F)cc1. The highest BCUT2D eigenvalue weighted by atomic mass is 19.1.